The number of anilines is 2. The first kappa shape index (κ1) is 18.3. The highest BCUT2D eigenvalue weighted by atomic mass is 35.5. The maximum absolute atomic E-state index is 12.5. The first-order chi connectivity index (χ1) is 11.3. The number of carbonyl (C=O) groups excluding carboxylic acids is 1. The highest BCUT2D eigenvalue weighted by Crippen LogP contribution is 2.22. The molecule has 0 fully saturated rings. The SMILES string of the molecule is CN(C)S(=O)(=O)N(CC(=O)Nc1ccccc1Cl)c1ccccc1. The summed E-state index contributed by atoms with van der Waals surface area (Å²) in [6.45, 7) is -0.365. The zero-order chi connectivity index (χ0) is 17.7. The Labute approximate surface area is 146 Å². The average molecular weight is 368 g/mol. The summed E-state index contributed by atoms with van der Waals surface area (Å²) in [5, 5.41) is 3.01. The van der Waals surface area contributed by atoms with E-state index in [1.54, 1.807) is 54.6 Å². The minimum atomic E-state index is -3.82. The molecule has 0 aromatic heterocycles. The monoisotopic (exact) mass is 367 g/mol. The topological polar surface area (TPSA) is 69.7 Å². The minimum absolute atomic E-state index is 0.365. The van der Waals surface area contributed by atoms with Crippen LogP contribution < -0.4 is 9.62 Å². The summed E-state index contributed by atoms with van der Waals surface area (Å²) in [7, 11) is -0.989. The molecule has 0 bridgehead atoms. The van der Waals surface area contributed by atoms with Crippen molar-refractivity contribution in [2.75, 3.05) is 30.3 Å². The van der Waals surface area contributed by atoms with Gasteiger partial charge in [-0.05, 0) is 24.3 Å². The van der Waals surface area contributed by atoms with Gasteiger partial charge >= 0.3 is 10.2 Å². The Morgan fingerprint density at radius 1 is 1.04 bits per heavy atom. The van der Waals surface area contributed by atoms with Crippen molar-refractivity contribution in [1.82, 2.24) is 4.31 Å². The Hall–Kier alpha value is -2.09. The van der Waals surface area contributed by atoms with Gasteiger partial charge in [-0.3, -0.25) is 4.79 Å². The number of benzene rings is 2. The molecule has 0 aliphatic rings. The lowest BCUT2D eigenvalue weighted by Crippen LogP contribution is -2.44. The summed E-state index contributed by atoms with van der Waals surface area (Å²) in [6, 6.07) is 15.2. The number of para-hydroxylation sites is 2. The van der Waals surface area contributed by atoms with Gasteiger partial charge in [-0.15, -0.1) is 0 Å². The molecule has 0 heterocycles. The van der Waals surface area contributed by atoms with E-state index in [-0.39, 0.29) is 6.54 Å². The number of rotatable bonds is 6. The Morgan fingerprint density at radius 3 is 2.21 bits per heavy atom. The molecule has 0 spiro atoms. The van der Waals surface area contributed by atoms with Crippen molar-refractivity contribution >= 4 is 39.1 Å². The summed E-state index contributed by atoms with van der Waals surface area (Å²) in [6.07, 6.45) is 0. The molecule has 0 aliphatic carbocycles. The van der Waals surface area contributed by atoms with E-state index in [0.717, 1.165) is 8.61 Å². The van der Waals surface area contributed by atoms with Crippen molar-refractivity contribution in [3.8, 4) is 0 Å². The second kappa shape index (κ2) is 7.65. The Bertz CT molecular complexity index is 810. The highest BCUT2D eigenvalue weighted by Gasteiger charge is 2.27. The maximum atomic E-state index is 12.5. The van der Waals surface area contributed by atoms with Gasteiger partial charge in [0.25, 0.3) is 0 Å². The Kier molecular flexibility index (Phi) is 5.82. The molecule has 0 saturated carbocycles. The molecule has 2 aromatic rings. The standard InChI is InChI=1S/C16H18ClN3O3S/c1-19(2)24(22,23)20(13-8-4-3-5-9-13)12-16(21)18-15-11-7-6-10-14(15)17/h3-11H,12H2,1-2H3,(H,18,21). The first-order valence-corrected chi connectivity index (χ1v) is 8.89. The lowest BCUT2D eigenvalue weighted by molar-refractivity contribution is -0.114. The molecule has 24 heavy (non-hydrogen) atoms. The fourth-order valence-electron chi connectivity index (χ4n) is 1.98. The van der Waals surface area contributed by atoms with Crippen molar-refractivity contribution < 1.29 is 13.2 Å². The number of amides is 1. The molecule has 0 atom stereocenters. The molecule has 0 unspecified atom stereocenters. The van der Waals surface area contributed by atoms with Crippen molar-refractivity contribution in [1.29, 1.82) is 0 Å². The van der Waals surface area contributed by atoms with Gasteiger partial charge < -0.3 is 5.32 Å². The number of hydrogen-bond donors (Lipinski definition) is 1. The molecular formula is C16H18ClN3O3S. The van der Waals surface area contributed by atoms with Crippen LogP contribution in [0.3, 0.4) is 0 Å². The van der Waals surface area contributed by atoms with Gasteiger partial charge in [0.1, 0.15) is 6.54 Å². The zero-order valence-electron chi connectivity index (χ0n) is 13.3. The first-order valence-electron chi connectivity index (χ1n) is 7.12. The second-order valence-electron chi connectivity index (χ2n) is 5.16. The van der Waals surface area contributed by atoms with Gasteiger partial charge in [-0.1, -0.05) is 41.9 Å². The van der Waals surface area contributed by atoms with Crippen molar-refractivity contribution in [2.24, 2.45) is 0 Å². The molecule has 2 aromatic carbocycles. The number of nitrogens with zero attached hydrogens (tertiary/aromatic N) is 2. The second-order valence-corrected chi connectivity index (χ2v) is 7.63. The lowest BCUT2D eigenvalue weighted by Gasteiger charge is -2.26. The van der Waals surface area contributed by atoms with Gasteiger partial charge in [-0.2, -0.15) is 12.7 Å². The van der Waals surface area contributed by atoms with E-state index in [1.807, 2.05) is 0 Å². The van der Waals surface area contributed by atoms with Crippen molar-refractivity contribution in [2.45, 2.75) is 0 Å². The van der Waals surface area contributed by atoms with E-state index in [9.17, 15) is 13.2 Å². The highest BCUT2D eigenvalue weighted by molar-refractivity contribution is 7.90. The third kappa shape index (κ3) is 4.25. The van der Waals surface area contributed by atoms with Gasteiger partial charge in [0.2, 0.25) is 5.91 Å². The van der Waals surface area contributed by atoms with Crippen LogP contribution in [0.25, 0.3) is 0 Å². The Balaban J connectivity index is 2.26. The molecule has 2 rings (SSSR count). The summed E-state index contributed by atoms with van der Waals surface area (Å²) < 4.78 is 27.2. The molecule has 0 radical (unpaired) electrons. The fraction of sp³-hybridized carbons (Fsp3) is 0.188. The van der Waals surface area contributed by atoms with E-state index in [2.05, 4.69) is 5.32 Å². The van der Waals surface area contributed by atoms with E-state index in [0.29, 0.717) is 16.4 Å². The summed E-state index contributed by atoms with van der Waals surface area (Å²) in [4.78, 5) is 12.3. The summed E-state index contributed by atoms with van der Waals surface area (Å²) >= 11 is 6.01. The third-order valence-electron chi connectivity index (χ3n) is 3.22. The van der Waals surface area contributed by atoms with Crippen LogP contribution in [0.5, 0.6) is 0 Å². The fourth-order valence-corrected chi connectivity index (χ4v) is 3.23. The molecule has 128 valence electrons. The molecule has 0 saturated heterocycles. The predicted octanol–water partition coefficient (Wildman–Crippen LogP) is 2.59. The normalized spacial score (nSPS) is 11.3. The van der Waals surface area contributed by atoms with Crippen LogP contribution in [0.4, 0.5) is 11.4 Å². The van der Waals surface area contributed by atoms with Crippen LogP contribution >= 0.6 is 11.6 Å². The van der Waals surface area contributed by atoms with Crippen molar-refractivity contribution in [3.05, 3.63) is 59.6 Å². The number of halogens is 1. The van der Waals surface area contributed by atoms with Crippen molar-refractivity contribution in [3.63, 3.8) is 0 Å². The van der Waals surface area contributed by atoms with E-state index in [4.69, 9.17) is 11.6 Å². The maximum Gasteiger partial charge on any atom is 0.304 e. The van der Waals surface area contributed by atoms with Crippen LogP contribution in [-0.4, -0.2) is 39.3 Å². The zero-order valence-corrected chi connectivity index (χ0v) is 14.9. The van der Waals surface area contributed by atoms with Gasteiger partial charge in [0.05, 0.1) is 16.4 Å². The van der Waals surface area contributed by atoms with Crippen LogP contribution in [0.15, 0.2) is 54.6 Å². The van der Waals surface area contributed by atoms with Crippen LogP contribution in [-0.2, 0) is 15.0 Å². The van der Waals surface area contributed by atoms with E-state index in [1.165, 1.54) is 14.1 Å². The molecule has 1 amide bonds. The lowest BCUT2D eigenvalue weighted by atomic mass is 10.3. The molecule has 8 heteroatoms. The Morgan fingerprint density at radius 2 is 1.62 bits per heavy atom. The van der Waals surface area contributed by atoms with Crippen LogP contribution in [0.1, 0.15) is 0 Å². The van der Waals surface area contributed by atoms with Crippen LogP contribution in [0, 0.1) is 0 Å². The van der Waals surface area contributed by atoms with E-state index >= 15 is 0 Å². The number of nitrogens with one attached hydrogen (secondary N) is 1. The average Bonchev–Trinajstić information content (AvgIpc) is 2.55. The van der Waals surface area contributed by atoms with Gasteiger partial charge in [0, 0.05) is 14.1 Å². The van der Waals surface area contributed by atoms with Crippen LogP contribution in [0.2, 0.25) is 5.02 Å². The predicted molar refractivity (Wildman–Crippen MR) is 96.5 cm³/mol. The molecular weight excluding hydrogens is 350 g/mol. The van der Waals surface area contributed by atoms with E-state index < -0.39 is 16.1 Å². The van der Waals surface area contributed by atoms with Gasteiger partial charge in [0.15, 0.2) is 0 Å². The number of hydrogen-bond acceptors (Lipinski definition) is 3. The van der Waals surface area contributed by atoms with Gasteiger partial charge in [-0.25, -0.2) is 4.31 Å². The molecule has 1 N–H and O–H groups in total. The smallest absolute Gasteiger partial charge is 0.304 e. The molecule has 6 nitrogen and oxygen atoms in total. The largest absolute Gasteiger partial charge is 0.323 e. The molecule has 0 aliphatic heterocycles. The minimum Gasteiger partial charge on any atom is -0.323 e. The quantitative estimate of drug-likeness (QED) is 0.853. The number of carbonyl (C=O) groups is 1. The summed E-state index contributed by atoms with van der Waals surface area (Å²) in [5.41, 5.74) is 0.833. The third-order valence-corrected chi connectivity index (χ3v) is 5.37. The summed E-state index contributed by atoms with van der Waals surface area (Å²) in [5.74, 6) is -0.489.